The Hall–Kier alpha value is -2.42. The first kappa shape index (κ1) is 17.4. The number of aromatic nitrogens is 3. The third kappa shape index (κ3) is 4.56. The van der Waals surface area contributed by atoms with Crippen LogP contribution in [0.25, 0.3) is 0 Å². The first-order valence-corrected chi connectivity index (χ1v) is 8.66. The molecule has 8 nitrogen and oxygen atoms in total. The molecule has 1 aliphatic rings. The van der Waals surface area contributed by atoms with Gasteiger partial charge in [0.25, 0.3) is 5.56 Å². The average molecular weight is 409 g/mol. The Bertz CT molecular complexity index is 861. The predicted molar refractivity (Wildman–Crippen MR) is 93.5 cm³/mol. The van der Waals surface area contributed by atoms with Crippen LogP contribution in [-0.4, -0.2) is 44.5 Å². The minimum Gasteiger partial charge on any atom is -0.472 e. The Kier molecular flexibility index (Phi) is 5.32. The van der Waals surface area contributed by atoms with E-state index in [9.17, 15) is 14.4 Å². The number of H-pyrrole nitrogens is 1. The minimum atomic E-state index is -0.510. The van der Waals surface area contributed by atoms with Crippen molar-refractivity contribution >= 4 is 21.8 Å². The lowest BCUT2D eigenvalue weighted by atomic mass is 10.3. The van der Waals surface area contributed by atoms with E-state index in [1.54, 1.807) is 17.2 Å². The summed E-state index contributed by atoms with van der Waals surface area (Å²) in [5.74, 6) is 0.482. The van der Waals surface area contributed by atoms with Gasteiger partial charge >= 0.3 is 5.69 Å². The van der Waals surface area contributed by atoms with Crippen molar-refractivity contribution in [1.29, 1.82) is 0 Å². The zero-order chi connectivity index (χ0) is 17.8. The van der Waals surface area contributed by atoms with Gasteiger partial charge in [-0.1, -0.05) is 0 Å². The van der Waals surface area contributed by atoms with E-state index < -0.39 is 11.2 Å². The molecular formula is C16H17BrN4O4. The molecule has 25 heavy (non-hydrogen) atoms. The highest BCUT2D eigenvalue weighted by atomic mass is 79.9. The Morgan fingerprint density at radius 2 is 2.20 bits per heavy atom. The van der Waals surface area contributed by atoms with Crippen molar-refractivity contribution < 1.29 is 9.53 Å². The number of aryl methyl sites for hydroxylation is 1. The Morgan fingerprint density at radius 3 is 2.92 bits per heavy atom. The van der Waals surface area contributed by atoms with Crippen LogP contribution in [0.5, 0.6) is 5.88 Å². The maximum atomic E-state index is 12.3. The lowest BCUT2D eigenvalue weighted by Gasteiger charge is -2.17. The topological polar surface area (TPSA) is 97.3 Å². The van der Waals surface area contributed by atoms with Crippen LogP contribution in [-0.2, 0) is 11.3 Å². The Morgan fingerprint density at radius 1 is 1.36 bits per heavy atom. The van der Waals surface area contributed by atoms with Crippen molar-refractivity contribution in [2.24, 2.45) is 0 Å². The molecule has 0 spiro atoms. The Balaban J connectivity index is 1.51. The quantitative estimate of drug-likeness (QED) is 0.787. The van der Waals surface area contributed by atoms with Gasteiger partial charge in [0, 0.05) is 54.9 Å². The highest BCUT2D eigenvalue weighted by Crippen LogP contribution is 2.18. The average Bonchev–Trinajstić information content (AvgIpc) is 3.04. The molecule has 1 aliphatic heterocycles. The summed E-state index contributed by atoms with van der Waals surface area (Å²) in [6.45, 7) is 1.34. The first-order valence-electron chi connectivity index (χ1n) is 7.87. The molecule has 0 bridgehead atoms. The number of nitrogens with zero attached hydrogens (tertiary/aromatic N) is 3. The predicted octanol–water partition coefficient (Wildman–Crippen LogP) is 0.764. The maximum Gasteiger partial charge on any atom is 0.328 e. The second-order valence-electron chi connectivity index (χ2n) is 5.74. The highest BCUT2D eigenvalue weighted by Gasteiger charge is 2.27. The van der Waals surface area contributed by atoms with E-state index in [0.29, 0.717) is 19.0 Å². The molecule has 0 radical (unpaired) electrons. The van der Waals surface area contributed by atoms with Crippen molar-refractivity contribution in [3.8, 4) is 5.88 Å². The fourth-order valence-electron chi connectivity index (χ4n) is 2.65. The number of halogens is 1. The van der Waals surface area contributed by atoms with E-state index >= 15 is 0 Å². The number of nitrogens with one attached hydrogen (secondary N) is 1. The molecule has 9 heteroatoms. The van der Waals surface area contributed by atoms with Gasteiger partial charge in [0.05, 0.1) is 6.54 Å². The van der Waals surface area contributed by atoms with Gasteiger partial charge < -0.3 is 14.2 Å². The van der Waals surface area contributed by atoms with Crippen molar-refractivity contribution in [3.05, 3.63) is 55.9 Å². The van der Waals surface area contributed by atoms with Gasteiger partial charge in [-0.15, -0.1) is 0 Å². The molecule has 1 saturated heterocycles. The largest absolute Gasteiger partial charge is 0.472 e. The lowest BCUT2D eigenvalue weighted by molar-refractivity contribution is -0.130. The zero-order valence-corrected chi connectivity index (χ0v) is 14.9. The van der Waals surface area contributed by atoms with Crippen LogP contribution in [0.4, 0.5) is 0 Å². The molecule has 2 aromatic rings. The Labute approximate surface area is 151 Å². The second kappa shape index (κ2) is 7.64. The number of carbonyl (C=O) groups is 1. The molecule has 1 atom stereocenters. The van der Waals surface area contributed by atoms with Crippen molar-refractivity contribution in [2.45, 2.75) is 25.5 Å². The van der Waals surface area contributed by atoms with Crippen molar-refractivity contribution in [2.75, 3.05) is 13.1 Å². The summed E-state index contributed by atoms with van der Waals surface area (Å²) in [5.41, 5.74) is -0.960. The van der Waals surface area contributed by atoms with Gasteiger partial charge in [0.1, 0.15) is 6.10 Å². The normalized spacial score (nSPS) is 16.8. The summed E-state index contributed by atoms with van der Waals surface area (Å²) >= 11 is 3.32. The molecule has 1 unspecified atom stereocenters. The molecule has 0 saturated carbocycles. The minimum absolute atomic E-state index is 0.0482. The highest BCUT2D eigenvalue weighted by molar-refractivity contribution is 9.10. The number of likely N-dealkylation sites (tertiary alicyclic amines) is 1. The van der Waals surface area contributed by atoms with Crippen LogP contribution in [0.3, 0.4) is 0 Å². The van der Waals surface area contributed by atoms with Crippen molar-refractivity contribution in [3.63, 3.8) is 0 Å². The fourth-order valence-corrected chi connectivity index (χ4v) is 2.88. The first-order chi connectivity index (χ1) is 12.0. The number of pyridine rings is 1. The van der Waals surface area contributed by atoms with Crippen LogP contribution in [0, 0.1) is 0 Å². The molecule has 1 amide bonds. The van der Waals surface area contributed by atoms with Crippen molar-refractivity contribution in [1.82, 2.24) is 19.4 Å². The second-order valence-corrected chi connectivity index (χ2v) is 6.65. The van der Waals surface area contributed by atoms with E-state index in [-0.39, 0.29) is 25.0 Å². The molecule has 3 rings (SSSR count). The van der Waals surface area contributed by atoms with Gasteiger partial charge in [-0.05, 0) is 22.0 Å². The summed E-state index contributed by atoms with van der Waals surface area (Å²) in [7, 11) is 0. The third-order valence-electron chi connectivity index (χ3n) is 3.95. The standard InChI is InChI=1S/C16H17BrN4O4/c17-11-1-2-14(18-9-11)25-12-3-6-21(10-12)15(23)5-8-20-7-4-13(22)19-16(20)24/h1-2,4,7,9,12H,3,5-6,8,10H2,(H,19,22,24). The summed E-state index contributed by atoms with van der Waals surface area (Å²) in [6, 6.07) is 4.89. The number of hydrogen-bond donors (Lipinski definition) is 1. The lowest BCUT2D eigenvalue weighted by Crippen LogP contribution is -2.34. The molecule has 1 fully saturated rings. The van der Waals surface area contributed by atoms with Crippen LogP contribution in [0.2, 0.25) is 0 Å². The van der Waals surface area contributed by atoms with E-state index in [4.69, 9.17) is 4.74 Å². The molecule has 0 aromatic carbocycles. The number of carbonyl (C=O) groups excluding carboxylic acids is 1. The fraction of sp³-hybridized carbons (Fsp3) is 0.375. The number of hydrogen-bond acceptors (Lipinski definition) is 5. The summed E-state index contributed by atoms with van der Waals surface area (Å²) < 4.78 is 7.98. The number of amides is 1. The van der Waals surface area contributed by atoms with Gasteiger partial charge in [-0.2, -0.15) is 0 Å². The van der Waals surface area contributed by atoms with E-state index in [0.717, 1.165) is 10.9 Å². The smallest absolute Gasteiger partial charge is 0.328 e. The monoisotopic (exact) mass is 408 g/mol. The summed E-state index contributed by atoms with van der Waals surface area (Å²) in [5, 5.41) is 0. The molecule has 1 N–H and O–H groups in total. The van der Waals surface area contributed by atoms with E-state index in [1.807, 2.05) is 6.07 Å². The van der Waals surface area contributed by atoms with Gasteiger partial charge in [0.15, 0.2) is 0 Å². The third-order valence-corrected chi connectivity index (χ3v) is 4.42. The number of rotatable bonds is 5. The zero-order valence-electron chi connectivity index (χ0n) is 13.4. The number of ether oxygens (including phenoxy) is 1. The molecule has 2 aromatic heterocycles. The van der Waals surface area contributed by atoms with Crippen LogP contribution in [0.1, 0.15) is 12.8 Å². The molecule has 3 heterocycles. The van der Waals surface area contributed by atoms with Crippen LogP contribution >= 0.6 is 15.9 Å². The SMILES string of the molecule is O=C(CCn1ccc(=O)[nH]c1=O)N1CCC(Oc2ccc(Br)cn2)C1. The molecule has 132 valence electrons. The van der Waals surface area contributed by atoms with Gasteiger partial charge in [0.2, 0.25) is 11.8 Å². The van der Waals surface area contributed by atoms with E-state index in [1.165, 1.54) is 16.8 Å². The summed E-state index contributed by atoms with van der Waals surface area (Å²) in [6.07, 6.45) is 3.89. The van der Waals surface area contributed by atoms with Crippen LogP contribution in [0.15, 0.2) is 44.7 Å². The van der Waals surface area contributed by atoms with E-state index in [2.05, 4.69) is 25.9 Å². The number of aromatic amines is 1. The van der Waals surface area contributed by atoms with Gasteiger partial charge in [-0.3, -0.25) is 14.6 Å². The molecular weight excluding hydrogens is 392 g/mol. The molecule has 0 aliphatic carbocycles. The van der Waals surface area contributed by atoms with Crippen LogP contribution < -0.4 is 16.0 Å². The van der Waals surface area contributed by atoms with Gasteiger partial charge in [-0.25, -0.2) is 9.78 Å². The maximum absolute atomic E-state index is 12.3. The summed E-state index contributed by atoms with van der Waals surface area (Å²) in [4.78, 5) is 43.0.